The summed E-state index contributed by atoms with van der Waals surface area (Å²) >= 11 is 0. The predicted octanol–water partition coefficient (Wildman–Crippen LogP) is 3.82. The molecule has 2 fully saturated rings. The van der Waals surface area contributed by atoms with Gasteiger partial charge in [-0.15, -0.1) is 0 Å². The van der Waals surface area contributed by atoms with Crippen LogP contribution in [0.2, 0.25) is 0 Å². The predicted molar refractivity (Wildman–Crippen MR) is 139 cm³/mol. The number of nitrogens with zero attached hydrogens (tertiary/aromatic N) is 4. The third-order valence-corrected chi connectivity index (χ3v) is 10.1. The largest absolute Gasteiger partial charge is 0.487 e. The van der Waals surface area contributed by atoms with Crippen LogP contribution in [0.3, 0.4) is 0 Å². The van der Waals surface area contributed by atoms with Crippen LogP contribution in [0.15, 0.2) is 24.5 Å². The molecule has 2 aromatic rings. The molecule has 2 aliphatic rings. The molecule has 1 aromatic carbocycles. The van der Waals surface area contributed by atoms with Crippen molar-refractivity contribution in [3.63, 3.8) is 0 Å². The highest BCUT2D eigenvalue weighted by molar-refractivity contribution is 7.89. The maximum atomic E-state index is 14.3. The van der Waals surface area contributed by atoms with Crippen LogP contribution >= 0.6 is 0 Å². The number of benzene rings is 1. The fourth-order valence-electron chi connectivity index (χ4n) is 5.40. The highest BCUT2D eigenvalue weighted by Crippen LogP contribution is 2.32. The summed E-state index contributed by atoms with van der Waals surface area (Å²) < 4.78 is 74.6. The van der Waals surface area contributed by atoms with Crippen LogP contribution in [0, 0.1) is 23.4 Å². The van der Waals surface area contributed by atoms with Gasteiger partial charge in [-0.1, -0.05) is 13.3 Å². The summed E-state index contributed by atoms with van der Waals surface area (Å²) in [7, 11) is -3.27. The Kier molecular flexibility index (Phi) is 8.83. The van der Waals surface area contributed by atoms with Gasteiger partial charge < -0.3 is 15.4 Å². The van der Waals surface area contributed by atoms with Crippen LogP contribution < -0.4 is 15.4 Å². The second kappa shape index (κ2) is 11.7. The zero-order chi connectivity index (χ0) is 27.6. The summed E-state index contributed by atoms with van der Waals surface area (Å²) in [6.07, 6.45) is 5.88. The maximum Gasteiger partial charge on any atom is 0.225 e. The van der Waals surface area contributed by atoms with Gasteiger partial charge >= 0.3 is 0 Å². The van der Waals surface area contributed by atoms with Crippen molar-refractivity contribution < 1.29 is 26.3 Å². The molecular formula is C26H36F3N5O3S. The summed E-state index contributed by atoms with van der Waals surface area (Å²) in [4.78, 5) is 10.5. The van der Waals surface area contributed by atoms with Gasteiger partial charge in [-0.05, 0) is 50.7 Å². The third kappa shape index (κ3) is 6.07. The van der Waals surface area contributed by atoms with Crippen molar-refractivity contribution in [1.29, 1.82) is 0 Å². The van der Waals surface area contributed by atoms with E-state index in [1.54, 1.807) is 28.5 Å². The summed E-state index contributed by atoms with van der Waals surface area (Å²) in [6.45, 7) is 7.29. The van der Waals surface area contributed by atoms with Crippen LogP contribution in [0.4, 0.5) is 19.1 Å². The van der Waals surface area contributed by atoms with Crippen LogP contribution in [0.25, 0.3) is 0 Å². The molecule has 8 nitrogen and oxygen atoms in total. The second-order valence-electron chi connectivity index (χ2n) is 10.4. The molecule has 38 heavy (non-hydrogen) atoms. The first-order valence-electron chi connectivity index (χ1n) is 13.1. The van der Waals surface area contributed by atoms with E-state index in [9.17, 15) is 21.6 Å². The zero-order valence-electron chi connectivity index (χ0n) is 22.0. The summed E-state index contributed by atoms with van der Waals surface area (Å²) in [5.41, 5.74) is 6.23. The maximum absolute atomic E-state index is 14.3. The number of sulfonamides is 1. The Morgan fingerprint density at radius 3 is 2.32 bits per heavy atom. The first-order chi connectivity index (χ1) is 18.0. The number of nitrogens with two attached hydrogens (primary N) is 1. The van der Waals surface area contributed by atoms with E-state index in [4.69, 9.17) is 10.5 Å². The molecule has 0 bridgehead atoms. The number of hydrogen-bond acceptors (Lipinski definition) is 7. The minimum absolute atomic E-state index is 0.0337. The average molecular weight is 556 g/mol. The molecule has 0 unspecified atom stereocenters. The lowest BCUT2D eigenvalue weighted by molar-refractivity contribution is 0.110. The molecule has 0 amide bonds. The van der Waals surface area contributed by atoms with E-state index in [0.29, 0.717) is 56.7 Å². The minimum Gasteiger partial charge on any atom is -0.487 e. The van der Waals surface area contributed by atoms with Gasteiger partial charge in [0.2, 0.25) is 16.0 Å². The number of aromatic nitrogens is 2. The van der Waals surface area contributed by atoms with Crippen LogP contribution in [-0.2, 0) is 10.0 Å². The number of ether oxygens (including phenoxy) is 1. The van der Waals surface area contributed by atoms with E-state index < -0.39 is 39.4 Å². The summed E-state index contributed by atoms with van der Waals surface area (Å²) in [5, 5.41) is -0.371. The Hall–Kier alpha value is -2.44. The van der Waals surface area contributed by atoms with Crippen molar-refractivity contribution in [3.8, 4) is 5.75 Å². The van der Waals surface area contributed by atoms with Gasteiger partial charge in [0.1, 0.15) is 5.82 Å². The van der Waals surface area contributed by atoms with Gasteiger partial charge in [-0.25, -0.2) is 35.9 Å². The highest BCUT2D eigenvalue weighted by atomic mass is 32.2. The monoisotopic (exact) mass is 555 g/mol. The van der Waals surface area contributed by atoms with Crippen LogP contribution in [-0.4, -0.2) is 66.3 Å². The SMILES string of the molecule is CCC[C@@H](C)S(=O)(=O)N1CCC([C@H](C)Oc2cnc(N3C[C@H](c4cc(F)c(F)cc4F)[C@@H](N)C3)nc2)CC1. The van der Waals surface area contributed by atoms with Crippen molar-refractivity contribution >= 4 is 16.0 Å². The average Bonchev–Trinajstić information content (AvgIpc) is 3.28. The summed E-state index contributed by atoms with van der Waals surface area (Å²) in [6, 6.07) is 0.900. The van der Waals surface area contributed by atoms with Crippen LogP contribution in [0.5, 0.6) is 5.75 Å². The van der Waals surface area contributed by atoms with Gasteiger partial charge in [0.05, 0.1) is 23.7 Å². The fraction of sp³-hybridized carbons (Fsp3) is 0.615. The molecule has 0 radical (unpaired) electrons. The number of hydrogen-bond donors (Lipinski definition) is 1. The standard InChI is InChI=1S/C26H36F3N5O3S/c1-4-5-16(2)38(35,36)34-8-6-18(7-9-34)17(3)37-19-12-31-26(32-13-19)33-14-21(25(30)15-33)20-10-23(28)24(29)11-22(20)27/h10-13,16-18,21,25H,4-9,14-15,30H2,1-3H3/t16-,17+,21-,25+/m1/s1. The fourth-order valence-corrected chi connectivity index (χ4v) is 7.16. The van der Waals surface area contributed by atoms with E-state index in [-0.39, 0.29) is 29.4 Å². The van der Waals surface area contributed by atoms with Crippen molar-refractivity contribution in [1.82, 2.24) is 14.3 Å². The third-order valence-electron chi connectivity index (χ3n) is 7.75. The minimum atomic E-state index is -3.27. The topological polar surface area (TPSA) is 102 Å². The zero-order valence-corrected chi connectivity index (χ0v) is 22.8. The molecule has 0 aliphatic carbocycles. The molecule has 4 rings (SSSR count). The van der Waals surface area contributed by atoms with Gasteiger partial charge in [0.25, 0.3) is 0 Å². The first kappa shape index (κ1) is 28.6. The Morgan fingerprint density at radius 2 is 1.68 bits per heavy atom. The summed E-state index contributed by atoms with van der Waals surface area (Å²) in [5.74, 6) is -2.65. The normalized spacial score (nSPS) is 23.0. The molecule has 2 aliphatic heterocycles. The molecule has 3 heterocycles. The van der Waals surface area contributed by atoms with Gasteiger partial charge in [0, 0.05) is 44.2 Å². The molecule has 1 aromatic heterocycles. The smallest absolute Gasteiger partial charge is 0.225 e. The van der Waals surface area contributed by atoms with E-state index in [2.05, 4.69) is 9.97 Å². The second-order valence-corrected chi connectivity index (χ2v) is 12.7. The lowest BCUT2D eigenvalue weighted by Gasteiger charge is -2.35. The van der Waals surface area contributed by atoms with Crippen molar-refractivity contribution in [2.24, 2.45) is 11.7 Å². The molecule has 0 saturated carbocycles. The van der Waals surface area contributed by atoms with Gasteiger partial charge in [-0.2, -0.15) is 0 Å². The van der Waals surface area contributed by atoms with E-state index >= 15 is 0 Å². The van der Waals surface area contributed by atoms with Crippen LogP contribution in [0.1, 0.15) is 57.9 Å². The number of halogens is 3. The van der Waals surface area contributed by atoms with E-state index in [1.807, 2.05) is 13.8 Å². The number of piperidine rings is 1. The van der Waals surface area contributed by atoms with E-state index in [1.165, 1.54) is 0 Å². The number of rotatable bonds is 9. The number of anilines is 1. The van der Waals surface area contributed by atoms with Gasteiger partial charge in [-0.3, -0.25) is 0 Å². The molecule has 12 heteroatoms. The Balaban J connectivity index is 1.32. The molecule has 2 N–H and O–H groups in total. The van der Waals surface area contributed by atoms with Crippen molar-refractivity contribution in [3.05, 3.63) is 47.5 Å². The lowest BCUT2D eigenvalue weighted by Crippen LogP contribution is -2.44. The quantitative estimate of drug-likeness (QED) is 0.470. The Labute approximate surface area is 222 Å². The van der Waals surface area contributed by atoms with Gasteiger partial charge in [0.15, 0.2) is 17.4 Å². The first-order valence-corrected chi connectivity index (χ1v) is 14.6. The van der Waals surface area contributed by atoms with E-state index in [0.717, 1.165) is 12.5 Å². The van der Waals surface area contributed by atoms with Crippen molar-refractivity contribution in [2.75, 3.05) is 31.1 Å². The molecule has 210 valence electrons. The Bertz CT molecular complexity index is 1210. The Morgan fingerprint density at radius 1 is 1.05 bits per heavy atom. The molecular weight excluding hydrogens is 519 g/mol. The molecule has 4 atom stereocenters. The molecule has 0 spiro atoms. The molecule has 2 saturated heterocycles. The highest BCUT2D eigenvalue weighted by Gasteiger charge is 2.36. The van der Waals surface area contributed by atoms with Crippen molar-refractivity contribution in [2.45, 2.75) is 69.8 Å². The lowest BCUT2D eigenvalue weighted by atomic mass is 9.93.